The Morgan fingerprint density at radius 3 is 2.36 bits per heavy atom. The fourth-order valence-electron chi connectivity index (χ4n) is 0.667. The SMILES string of the molecule is C.C=Cc1ccc(F)cc1F. The van der Waals surface area contributed by atoms with E-state index in [1.807, 2.05) is 0 Å². The van der Waals surface area contributed by atoms with Crippen molar-refractivity contribution in [2.75, 3.05) is 0 Å². The summed E-state index contributed by atoms with van der Waals surface area (Å²) in [5, 5.41) is 0. The molecule has 0 radical (unpaired) electrons. The lowest BCUT2D eigenvalue weighted by molar-refractivity contribution is 0.581. The fraction of sp³-hybridized carbons (Fsp3) is 0.111. The van der Waals surface area contributed by atoms with Gasteiger partial charge in [0.15, 0.2) is 0 Å². The van der Waals surface area contributed by atoms with Gasteiger partial charge in [0.2, 0.25) is 0 Å². The molecule has 0 heterocycles. The molecule has 0 spiro atoms. The second-order valence-electron chi connectivity index (χ2n) is 1.87. The standard InChI is InChI=1S/C8H6F2.CH4/c1-2-6-3-4-7(9)5-8(6)10;/h2-5H,1H2;1H4. The molecule has 0 amide bonds. The molecule has 0 aliphatic carbocycles. The Hall–Kier alpha value is -1.18. The minimum Gasteiger partial charge on any atom is -0.207 e. The van der Waals surface area contributed by atoms with E-state index in [1.165, 1.54) is 18.2 Å². The van der Waals surface area contributed by atoms with E-state index in [0.29, 0.717) is 5.56 Å². The van der Waals surface area contributed by atoms with Crippen LogP contribution < -0.4 is 0 Å². The molecule has 1 aromatic rings. The van der Waals surface area contributed by atoms with Gasteiger partial charge in [-0.1, -0.05) is 20.1 Å². The highest BCUT2D eigenvalue weighted by Crippen LogP contribution is 2.09. The molecule has 0 atom stereocenters. The summed E-state index contributed by atoms with van der Waals surface area (Å²) in [5.74, 6) is -1.14. The molecule has 11 heavy (non-hydrogen) atoms. The second kappa shape index (κ2) is 3.86. The molecular formula is C9H10F2. The summed E-state index contributed by atoms with van der Waals surface area (Å²) in [6.07, 6.45) is 1.34. The lowest BCUT2D eigenvalue weighted by atomic mass is 10.2. The van der Waals surface area contributed by atoms with E-state index < -0.39 is 11.6 Å². The largest absolute Gasteiger partial charge is 0.207 e. The van der Waals surface area contributed by atoms with Crippen LogP contribution in [0.15, 0.2) is 24.8 Å². The molecule has 0 saturated carbocycles. The van der Waals surface area contributed by atoms with E-state index >= 15 is 0 Å². The minimum absolute atomic E-state index is 0. The van der Waals surface area contributed by atoms with E-state index in [0.717, 1.165) is 6.07 Å². The van der Waals surface area contributed by atoms with E-state index in [2.05, 4.69) is 6.58 Å². The Bertz CT molecular complexity index is 254. The van der Waals surface area contributed by atoms with Crippen molar-refractivity contribution in [1.82, 2.24) is 0 Å². The molecule has 2 heteroatoms. The predicted octanol–water partition coefficient (Wildman–Crippen LogP) is 3.24. The first-order chi connectivity index (χ1) is 4.74. The smallest absolute Gasteiger partial charge is 0.133 e. The zero-order chi connectivity index (χ0) is 7.56. The third kappa shape index (κ3) is 2.15. The van der Waals surface area contributed by atoms with Crippen molar-refractivity contribution in [2.45, 2.75) is 7.43 Å². The Morgan fingerprint density at radius 2 is 1.91 bits per heavy atom. The van der Waals surface area contributed by atoms with Gasteiger partial charge < -0.3 is 0 Å². The van der Waals surface area contributed by atoms with E-state index in [9.17, 15) is 8.78 Å². The number of benzene rings is 1. The molecule has 0 aromatic heterocycles. The minimum atomic E-state index is -0.574. The van der Waals surface area contributed by atoms with Crippen LogP contribution in [0.3, 0.4) is 0 Å². The molecular weight excluding hydrogens is 146 g/mol. The maximum atomic E-state index is 12.5. The van der Waals surface area contributed by atoms with Crippen LogP contribution in [0.2, 0.25) is 0 Å². The predicted molar refractivity (Wildman–Crippen MR) is 43.2 cm³/mol. The Morgan fingerprint density at radius 1 is 1.27 bits per heavy atom. The third-order valence-electron chi connectivity index (χ3n) is 1.18. The van der Waals surface area contributed by atoms with Crippen molar-refractivity contribution in [3.63, 3.8) is 0 Å². The van der Waals surface area contributed by atoms with Crippen LogP contribution >= 0.6 is 0 Å². The summed E-state index contributed by atoms with van der Waals surface area (Å²) >= 11 is 0. The van der Waals surface area contributed by atoms with Crippen LogP contribution in [0.4, 0.5) is 8.78 Å². The zero-order valence-electron chi connectivity index (χ0n) is 5.27. The van der Waals surface area contributed by atoms with Crippen LogP contribution in [0.5, 0.6) is 0 Å². The van der Waals surface area contributed by atoms with Gasteiger partial charge in [-0.15, -0.1) is 0 Å². The number of rotatable bonds is 1. The molecule has 0 nitrogen and oxygen atoms in total. The zero-order valence-corrected chi connectivity index (χ0v) is 5.27. The lowest BCUT2D eigenvalue weighted by Gasteiger charge is -1.93. The summed E-state index contributed by atoms with van der Waals surface area (Å²) in [6, 6.07) is 3.37. The first kappa shape index (κ1) is 9.82. The van der Waals surface area contributed by atoms with Crippen LogP contribution in [-0.4, -0.2) is 0 Å². The highest BCUT2D eigenvalue weighted by Gasteiger charge is 1.97. The van der Waals surface area contributed by atoms with Crippen LogP contribution in [-0.2, 0) is 0 Å². The quantitative estimate of drug-likeness (QED) is 0.585. The van der Waals surface area contributed by atoms with E-state index in [4.69, 9.17) is 0 Å². The molecule has 0 fully saturated rings. The molecule has 0 aliphatic heterocycles. The highest BCUT2D eigenvalue weighted by atomic mass is 19.1. The van der Waals surface area contributed by atoms with Gasteiger partial charge in [0.1, 0.15) is 11.6 Å². The van der Waals surface area contributed by atoms with Crippen LogP contribution in [0, 0.1) is 11.6 Å². The molecule has 0 unspecified atom stereocenters. The molecule has 0 aliphatic rings. The van der Waals surface area contributed by atoms with Crippen molar-refractivity contribution < 1.29 is 8.78 Å². The maximum absolute atomic E-state index is 12.5. The molecule has 0 saturated heterocycles. The first-order valence-electron chi connectivity index (χ1n) is 2.81. The van der Waals surface area contributed by atoms with Crippen LogP contribution in [0.1, 0.15) is 13.0 Å². The van der Waals surface area contributed by atoms with Gasteiger partial charge in [0.05, 0.1) is 0 Å². The maximum Gasteiger partial charge on any atom is 0.133 e. The summed E-state index contributed by atoms with van der Waals surface area (Å²) in [4.78, 5) is 0. The van der Waals surface area contributed by atoms with Gasteiger partial charge in [-0.05, 0) is 12.1 Å². The van der Waals surface area contributed by atoms with Crippen molar-refractivity contribution in [2.24, 2.45) is 0 Å². The molecule has 0 bridgehead atoms. The average Bonchev–Trinajstić information content (AvgIpc) is 1.88. The van der Waals surface area contributed by atoms with Gasteiger partial charge in [0, 0.05) is 11.6 Å². The fourth-order valence-corrected chi connectivity index (χ4v) is 0.667. The second-order valence-corrected chi connectivity index (χ2v) is 1.87. The molecule has 1 aromatic carbocycles. The van der Waals surface area contributed by atoms with Crippen molar-refractivity contribution in [1.29, 1.82) is 0 Å². The van der Waals surface area contributed by atoms with Gasteiger partial charge in [-0.25, -0.2) is 8.78 Å². The summed E-state index contributed by atoms with van der Waals surface area (Å²) in [7, 11) is 0. The molecule has 0 N–H and O–H groups in total. The van der Waals surface area contributed by atoms with Crippen molar-refractivity contribution in [3.8, 4) is 0 Å². The number of hydrogen-bond donors (Lipinski definition) is 0. The van der Waals surface area contributed by atoms with E-state index in [1.54, 1.807) is 0 Å². The normalized spacial score (nSPS) is 8.55. The Labute approximate surface area is 65.2 Å². The van der Waals surface area contributed by atoms with Gasteiger partial charge in [-0.2, -0.15) is 0 Å². The first-order valence-corrected chi connectivity index (χ1v) is 2.81. The van der Waals surface area contributed by atoms with Crippen LogP contribution in [0.25, 0.3) is 6.08 Å². The number of halogens is 2. The monoisotopic (exact) mass is 156 g/mol. The summed E-state index contributed by atoms with van der Waals surface area (Å²) < 4.78 is 24.7. The van der Waals surface area contributed by atoms with Crippen molar-refractivity contribution >= 4 is 6.08 Å². The average molecular weight is 156 g/mol. The van der Waals surface area contributed by atoms with Gasteiger partial charge in [-0.3, -0.25) is 0 Å². The van der Waals surface area contributed by atoms with Crippen molar-refractivity contribution in [3.05, 3.63) is 42.0 Å². The highest BCUT2D eigenvalue weighted by molar-refractivity contribution is 5.47. The summed E-state index contributed by atoms with van der Waals surface area (Å²) in [5.41, 5.74) is 0.321. The van der Waals surface area contributed by atoms with Gasteiger partial charge in [0.25, 0.3) is 0 Å². The summed E-state index contributed by atoms with van der Waals surface area (Å²) in [6.45, 7) is 3.36. The Kier molecular flexibility index (Phi) is 3.45. The Balaban J connectivity index is 0.000001000. The molecule has 60 valence electrons. The topological polar surface area (TPSA) is 0 Å². The van der Waals surface area contributed by atoms with Gasteiger partial charge >= 0.3 is 0 Å². The number of hydrogen-bond acceptors (Lipinski definition) is 0. The lowest BCUT2D eigenvalue weighted by Crippen LogP contribution is -1.82. The molecule has 1 rings (SSSR count). The van der Waals surface area contributed by atoms with E-state index in [-0.39, 0.29) is 7.43 Å². The third-order valence-corrected chi connectivity index (χ3v) is 1.18.